The van der Waals surface area contributed by atoms with E-state index in [0.29, 0.717) is 0 Å². The molecule has 0 aliphatic carbocycles. The molecule has 0 saturated heterocycles. The van der Waals surface area contributed by atoms with E-state index < -0.39 is 0 Å². The fraction of sp³-hybridized carbons (Fsp3) is 0.500. The van der Waals surface area contributed by atoms with Crippen molar-refractivity contribution in [3.63, 3.8) is 0 Å². The molecule has 0 aliphatic rings. The fourth-order valence-corrected chi connectivity index (χ4v) is 2.41. The van der Waals surface area contributed by atoms with Gasteiger partial charge in [0.2, 0.25) is 0 Å². The molecular formula is C12H20N2Te. The molecule has 0 spiro atoms. The van der Waals surface area contributed by atoms with Crippen LogP contribution >= 0.6 is 0 Å². The van der Waals surface area contributed by atoms with Gasteiger partial charge in [-0.05, 0) is 0 Å². The molecule has 0 N–H and O–H groups in total. The van der Waals surface area contributed by atoms with E-state index in [1.54, 1.807) is 0 Å². The second-order valence-electron chi connectivity index (χ2n) is 4.40. The second kappa shape index (κ2) is 5.86. The molecule has 0 atom stereocenters. The van der Waals surface area contributed by atoms with Crippen LogP contribution in [0.4, 0.5) is 0 Å². The van der Waals surface area contributed by atoms with E-state index in [1.807, 2.05) is 22.3 Å². The van der Waals surface area contributed by atoms with Crippen molar-refractivity contribution in [1.29, 1.82) is 0 Å². The average Bonchev–Trinajstić information content (AvgIpc) is 2.10. The summed E-state index contributed by atoms with van der Waals surface area (Å²) in [5, 5.41) is 0. The summed E-state index contributed by atoms with van der Waals surface area (Å²) in [6.07, 6.45) is 0. The van der Waals surface area contributed by atoms with Gasteiger partial charge in [-0.25, -0.2) is 0 Å². The SMILES string of the molecule is CN(C)Cc1cccc(CN(C)C)c1[TeH]. The van der Waals surface area contributed by atoms with Gasteiger partial charge in [0.1, 0.15) is 0 Å². The zero-order valence-corrected chi connectivity index (χ0v) is 12.5. The van der Waals surface area contributed by atoms with Crippen LogP contribution in [-0.2, 0) is 13.1 Å². The summed E-state index contributed by atoms with van der Waals surface area (Å²) in [6, 6.07) is 6.62. The van der Waals surface area contributed by atoms with Crippen LogP contribution < -0.4 is 3.61 Å². The molecule has 0 aromatic heterocycles. The Kier molecular flexibility index (Phi) is 5.08. The van der Waals surface area contributed by atoms with Crippen molar-refractivity contribution < 1.29 is 0 Å². The molecule has 0 saturated carbocycles. The van der Waals surface area contributed by atoms with Crippen molar-refractivity contribution in [2.24, 2.45) is 0 Å². The average molecular weight is 320 g/mol. The number of benzene rings is 1. The predicted octanol–water partition coefficient (Wildman–Crippen LogP) is 0.336. The first-order chi connectivity index (χ1) is 7.00. The van der Waals surface area contributed by atoms with E-state index in [1.165, 1.54) is 14.7 Å². The van der Waals surface area contributed by atoms with Crippen LogP contribution in [0.25, 0.3) is 0 Å². The third kappa shape index (κ3) is 4.12. The molecule has 0 radical (unpaired) electrons. The molecule has 84 valence electrons. The first-order valence-corrected chi connectivity index (χ1v) is 6.37. The summed E-state index contributed by atoms with van der Waals surface area (Å²) >= 11 is 1.83. The number of nitrogens with zero attached hydrogens (tertiary/aromatic N) is 2. The zero-order valence-electron chi connectivity index (χ0n) is 9.99. The molecule has 0 unspecified atom stereocenters. The van der Waals surface area contributed by atoms with Gasteiger partial charge in [0.15, 0.2) is 0 Å². The van der Waals surface area contributed by atoms with Gasteiger partial charge in [0.05, 0.1) is 0 Å². The number of hydrogen-bond donors (Lipinski definition) is 0. The Morgan fingerprint density at radius 1 is 0.933 bits per heavy atom. The maximum atomic E-state index is 2.23. The summed E-state index contributed by atoms with van der Waals surface area (Å²) in [6.45, 7) is 2.07. The Balaban J connectivity index is 2.90. The van der Waals surface area contributed by atoms with Crippen LogP contribution in [0, 0.1) is 0 Å². The Labute approximate surface area is 106 Å². The first-order valence-electron chi connectivity index (χ1n) is 5.10. The third-order valence-corrected chi connectivity index (χ3v) is 3.82. The third-order valence-electron chi connectivity index (χ3n) is 2.18. The molecule has 15 heavy (non-hydrogen) atoms. The molecule has 1 aromatic rings. The molecule has 0 heterocycles. The van der Waals surface area contributed by atoms with E-state index in [0.717, 1.165) is 13.1 Å². The molecule has 3 heteroatoms. The van der Waals surface area contributed by atoms with E-state index in [2.05, 4.69) is 56.2 Å². The normalized spacial score (nSPS) is 11.4. The summed E-state index contributed by atoms with van der Waals surface area (Å²) < 4.78 is 1.48. The summed E-state index contributed by atoms with van der Waals surface area (Å²) in [5.74, 6) is 0. The van der Waals surface area contributed by atoms with Gasteiger partial charge in [0.25, 0.3) is 0 Å². The van der Waals surface area contributed by atoms with Crippen molar-refractivity contribution in [3.05, 3.63) is 29.3 Å². The molecule has 0 aliphatic heterocycles. The maximum absolute atomic E-state index is 2.23. The standard InChI is InChI=1S/C12H20N2Te/c1-13(2)8-10-6-5-7-11(12(10)15)9-14(3)4/h5-7,15H,8-9H2,1-4H3. The van der Waals surface area contributed by atoms with Gasteiger partial charge >= 0.3 is 106 Å². The molecule has 1 rings (SSSR count). The molecule has 0 amide bonds. The Morgan fingerprint density at radius 3 is 1.67 bits per heavy atom. The summed E-state index contributed by atoms with van der Waals surface area (Å²) in [5.41, 5.74) is 2.90. The second-order valence-corrected chi connectivity index (χ2v) is 5.68. The van der Waals surface area contributed by atoms with Gasteiger partial charge in [-0.2, -0.15) is 0 Å². The summed E-state index contributed by atoms with van der Waals surface area (Å²) in [7, 11) is 8.46. The van der Waals surface area contributed by atoms with E-state index in [-0.39, 0.29) is 0 Å². The first kappa shape index (κ1) is 13.0. The van der Waals surface area contributed by atoms with Gasteiger partial charge in [-0.1, -0.05) is 0 Å². The van der Waals surface area contributed by atoms with E-state index in [4.69, 9.17) is 0 Å². The van der Waals surface area contributed by atoms with Crippen molar-refractivity contribution in [1.82, 2.24) is 9.80 Å². The minimum atomic E-state index is 1.03. The Morgan fingerprint density at radius 2 is 1.33 bits per heavy atom. The number of rotatable bonds is 4. The van der Waals surface area contributed by atoms with Gasteiger partial charge in [-0.3, -0.25) is 0 Å². The van der Waals surface area contributed by atoms with Crippen LogP contribution in [0.3, 0.4) is 0 Å². The molecule has 0 fully saturated rings. The minimum absolute atomic E-state index is 1.03. The van der Waals surface area contributed by atoms with E-state index >= 15 is 0 Å². The van der Waals surface area contributed by atoms with Gasteiger partial charge < -0.3 is 0 Å². The quantitative estimate of drug-likeness (QED) is 0.738. The summed E-state index contributed by atoms with van der Waals surface area (Å²) in [4.78, 5) is 4.44. The molecule has 2 nitrogen and oxygen atoms in total. The van der Waals surface area contributed by atoms with Gasteiger partial charge in [-0.15, -0.1) is 0 Å². The predicted molar refractivity (Wildman–Crippen MR) is 68.0 cm³/mol. The number of hydrogen-bond acceptors (Lipinski definition) is 2. The zero-order chi connectivity index (χ0) is 11.4. The molecule has 0 bridgehead atoms. The van der Waals surface area contributed by atoms with Crippen molar-refractivity contribution in [3.8, 4) is 0 Å². The van der Waals surface area contributed by atoms with Crippen molar-refractivity contribution >= 4 is 25.9 Å². The van der Waals surface area contributed by atoms with Crippen molar-refractivity contribution in [2.75, 3.05) is 28.2 Å². The van der Waals surface area contributed by atoms with E-state index in [9.17, 15) is 0 Å². The van der Waals surface area contributed by atoms with Crippen molar-refractivity contribution in [2.45, 2.75) is 13.1 Å². The van der Waals surface area contributed by atoms with Crippen LogP contribution in [0.15, 0.2) is 18.2 Å². The Hall–Kier alpha value is -0.0704. The molecular weight excluding hydrogens is 300 g/mol. The Bertz CT molecular complexity index is 293. The monoisotopic (exact) mass is 322 g/mol. The molecule has 1 aromatic carbocycles. The van der Waals surface area contributed by atoms with Crippen LogP contribution in [0.5, 0.6) is 0 Å². The van der Waals surface area contributed by atoms with Crippen LogP contribution in [0.1, 0.15) is 11.1 Å². The van der Waals surface area contributed by atoms with Gasteiger partial charge in [0, 0.05) is 0 Å². The topological polar surface area (TPSA) is 6.48 Å². The van der Waals surface area contributed by atoms with Crippen LogP contribution in [0.2, 0.25) is 0 Å². The fourth-order valence-electron chi connectivity index (χ4n) is 1.58. The van der Waals surface area contributed by atoms with Crippen LogP contribution in [-0.4, -0.2) is 60.3 Å².